The van der Waals surface area contributed by atoms with Gasteiger partial charge in [0.1, 0.15) is 0 Å². The summed E-state index contributed by atoms with van der Waals surface area (Å²) < 4.78 is 0. The van der Waals surface area contributed by atoms with Gasteiger partial charge in [0.25, 0.3) is 0 Å². The van der Waals surface area contributed by atoms with Crippen molar-refractivity contribution in [1.82, 2.24) is 10.2 Å². The van der Waals surface area contributed by atoms with Gasteiger partial charge in [-0.15, -0.1) is 0 Å². The van der Waals surface area contributed by atoms with Crippen molar-refractivity contribution in [2.24, 2.45) is 11.8 Å². The number of nitrogens with one attached hydrogen (secondary N) is 1. The van der Waals surface area contributed by atoms with E-state index >= 15 is 0 Å². The topological polar surface area (TPSA) is 15.3 Å². The highest BCUT2D eigenvalue weighted by atomic mass is 32.2. The van der Waals surface area contributed by atoms with Gasteiger partial charge < -0.3 is 10.2 Å². The van der Waals surface area contributed by atoms with Crippen LogP contribution in [0.3, 0.4) is 0 Å². The van der Waals surface area contributed by atoms with Crippen molar-refractivity contribution in [3.63, 3.8) is 0 Å². The Labute approximate surface area is 105 Å². The van der Waals surface area contributed by atoms with Crippen molar-refractivity contribution in [3.05, 3.63) is 0 Å². The van der Waals surface area contributed by atoms with E-state index in [0.29, 0.717) is 0 Å². The summed E-state index contributed by atoms with van der Waals surface area (Å²) in [5, 5.41) is 3.53. The standard InChI is InChI=1S/C13H26N2S/c1-11-3-4-13(14-2)12(9-11)10-15-5-7-16-8-6-15/h11-14H,3-10H2,1-2H3. The first kappa shape index (κ1) is 12.7. The largest absolute Gasteiger partial charge is 0.317 e. The van der Waals surface area contributed by atoms with Gasteiger partial charge in [-0.1, -0.05) is 6.92 Å². The molecule has 2 fully saturated rings. The Hall–Kier alpha value is 0.270. The Bertz CT molecular complexity index is 204. The number of hydrogen-bond donors (Lipinski definition) is 1. The van der Waals surface area contributed by atoms with Crippen LogP contribution in [0.5, 0.6) is 0 Å². The van der Waals surface area contributed by atoms with E-state index in [0.717, 1.165) is 17.9 Å². The number of nitrogens with zero attached hydrogens (tertiary/aromatic N) is 1. The maximum atomic E-state index is 3.53. The Morgan fingerprint density at radius 2 is 2.00 bits per heavy atom. The third-order valence-electron chi connectivity index (χ3n) is 4.21. The molecule has 3 heteroatoms. The average Bonchev–Trinajstić information content (AvgIpc) is 2.31. The van der Waals surface area contributed by atoms with Crippen molar-refractivity contribution in [2.45, 2.75) is 32.2 Å². The number of thioether (sulfide) groups is 1. The van der Waals surface area contributed by atoms with Crippen LogP contribution in [0.1, 0.15) is 26.2 Å². The molecule has 0 aromatic rings. The van der Waals surface area contributed by atoms with Gasteiger partial charge in [0.15, 0.2) is 0 Å². The highest BCUT2D eigenvalue weighted by Crippen LogP contribution is 2.30. The minimum atomic E-state index is 0.769. The summed E-state index contributed by atoms with van der Waals surface area (Å²) in [5.41, 5.74) is 0. The van der Waals surface area contributed by atoms with E-state index in [1.165, 1.54) is 50.4 Å². The van der Waals surface area contributed by atoms with Crippen LogP contribution in [0.25, 0.3) is 0 Å². The summed E-state index contributed by atoms with van der Waals surface area (Å²) in [6.07, 6.45) is 4.22. The Kier molecular flexibility index (Phi) is 4.98. The summed E-state index contributed by atoms with van der Waals surface area (Å²) >= 11 is 2.11. The van der Waals surface area contributed by atoms with Gasteiger partial charge >= 0.3 is 0 Å². The zero-order valence-corrected chi connectivity index (χ0v) is 11.6. The molecule has 94 valence electrons. The molecule has 1 heterocycles. The predicted octanol–water partition coefficient (Wildman–Crippen LogP) is 2.06. The van der Waals surface area contributed by atoms with Crippen molar-refractivity contribution < 1.29 is 0 Å². The van der Waals surface area contributed by atoms with Crippen molar-refractivity contribution in [1.29, 1.82) is 0 Å². The summed E-state index contributed by atoms with van der Waals surface area (Å²) in [6, 6.07) is 0.769. The highest BCUT2D eigenvalue weighted by molar-refractivity contribution is 7.99. The maximum Gasteiger partial charge on any atom is 0.0105 e. The van der Waals surface area contributed by atoms with E-state index in [4.69, 9.17) is 0 Å². The molecule has 0 spiro atoms. The van der Waals surface area contributed by atoms with Crippen LogP contribution in [0.15, 0.2) is 0 Å². The minimum Gasteiger partial charge on any atom is -0.317 e. The molecule has 2 rings (SSSR count). The first-order chi connectivity index (χ1) is 7.79. The molecule has 1 aliphatic heterocycles. The fraction of sp³-hybridized carbons (Fsp3) is 1.00. The lowest BCUT2D eigenvalue weighted by atomic mass is 9.78. The number of hydrogen-bond acceptors (Lipinski definition) is 3. The zero-order chi connectivity index (χ0) is 11.4. The van der Waals surface area contributed by atoms with Crippen molar-refractivity contribution in [2.75, 3.05) is 38.2 Å². The van der Waals surface area contributed by atoms with Crippen molar-refractivity contribution >= 4 is 11.8 Å². The van der Waals surface area contributed by atoms with Gasteiger partial charge in [0.05, 0.1) is 0 Å². The molecule has 1 aliphatic carbocycles. The molecule has 3 unspecified atom stereocenters. The monoisotopic (exact) mass is 242 g/mol. The SMILES string of the molecule is CNC1CCC(C)CC1CN1CCSCC1. The second-order valence-electron chi connectivity index (χ2n) is 5.49. The second-order valence-corrected chi connectivity index (χ2v) is 6.71. The lowest BCUT2D eigenvalue weighted by Crippen LogP contribution is -2.46. The van der Waals surface area contributed by atoms with E-state index in [9.17, 15) is 0 Å². The van der Waals surface area contributed by atoms with E-state index < -0.39 is 0 Å². The second kappa shape index (κ2) is 6.27. The third kappa shape index (κ3) is 3.38. The van der Waals surface area contributed by atoms with E-state index in [1.807, 2.05) is 0 Å². The van der Waals surface area contributed by atoms with E-state index in [2.05, 4.69) is 35.9 Å². The Morgan fingerprint density at radius 3 is 2.69 bits per heavy atom. The van der Waals surface area contributed by atoms with Crippen LogP contribution in [-0.2, 0) is 0 Å². The van der Waals surface area contributed by atoms with Gasteiger partial charge in [-0.25, -0.2) is 0 Å². The lowest BCUT2D eigenvalue weighted by molar-refractivity contribution is 0.156. The summed E-state index contributed by atoms with van der Waals surface area (Å²) in [5.74, 6) is 4.50. The molecule has 2 aliphatic rings. The molecule has 0 aromatic heterocycles. The summed E-state index contributed by atoms with van der Waals surface area (Å²) in [4.78, 5) is 2.68. The molecule has 16 heavy (non-hydrogen) atoms. The summed E-state index contributed by atoms with van der Waals surface area (Å²) in [6.45, 7) is 6.37. The molecule has 1 saturated carbocycles. The van der Waals surface area contributed by atoms with Crippen LogP contribution < -0.4 is 5.32 Å². The fourth-order valence-corrected chi connectivity index (χ4v) is 4.17. The molecule has 0 aromatic carbocycles. The van der Waals surface area contributed by atoms with Gasteiger partial charge in [0.2, 0.25) is 0 Å². The molecule has 2 nitrogen and oxygen atoms in total. The van der Waals surface area contributed by atoms with Crippen molar-refractivity contribution in [3.8, 4) is 0 Å². The molecule has 3 atom stereocenters. The summed E-state index contributed by atoms with van der Waals surface area (Å²) in [7, 11) is 2.14. The molecule has 1 N–H and O–H groups in total. The first-order valence-electron chi connectivity index (χ1n) is 6.77. The van der Waals surface area contributed by atoms with Crippen LogP contribution in [0.4, 0.5) is 0 Å². The number of rotatable bonds is 3. The average molecular weight is 242 g/mol. The molecular weight excluding hydrogens is 216 g/mol. The van der Waals surface area contributed by atoms with Gasteiger partial charge in [0, 0.05) is 37.2 Å². The van der Waals surface area contributed by atoms with Gasteiger partial charge in [-0.2, -0.15) is 11.8 Å². The molecule has 0 radical (unpaired) electrons. The normalized spacial score (nSPS) is 37.5. The third-order valence-corrected chi connectivity index (χ3v) is 5.15. The van der Waals surface area contributed by atoms with Crippen LogP contribution in [0, 0.1) is 11.8 Å². The smallest absolute Gasteiger partial charge is 0.0105 e. The van der Waals surface area contributed by atoms with Crippen LogP contribution >= 0.6 is 11.8 Å². The predicted molar refractivity (Wildman–Crippen MR) is 73.1 cm³/mol. The Morgan fingerprint density at radius 1 is 1.25 bits per heavy atom. The van der Waals surface area contributed by atoms with E-state index in [-0.39, 0.29) is 0 Å². The quantitative estimate of drug-likeness (QED) is 0.815. The van der Waals surface area contributed by atoms with Gasteiger partial charge in [-0.05, 0) is 38.1 Å². The van der Waals surface area contributed by atoms with Crippen LogP contribution in [0.2, 0.25) is 0 Å². The van der Waals surface area contributed by atoms with Crippen LogP contribution in [-0.4, -0.2) is 49.1 Å². The zero-order valence-electron chi connectivity index (χ0n) is 10.7. The molecule has 1 saturated heterocycles. The highest BCUT2D eigenvalue weighted by Gasteiger charge is 2.29. The Balaban J connectivity index is 1.84. The van der Waals surface area contributed by atoms with Gasteiger partial charge in [-0.3, -0.25) is 0 Å². The molecular formula is C13H26N2S. The maximum absolute atomic E-state index is 3.53. The minimum absolute atomic E-state index is 0.769. The fourth-order valence-electron chi connectivity index (χ4n) is 3.20. The first-order valence-corrected chi connectivity index (χ1v) is 7.92. The lowest BCUT2D eigenvalue weighted by Gasteiger charge is -2.38. The molecule has 0 amide bonds. The van der Waals surface area contributed by atoms with E-state index in [1.54, 1.807) is 0 Å². The molecule has 0 bridgehead atoms.